The number of carbonyl (C=O) groups excluding carboxylic acids is 3. The Morgan fingerprint density at radius 1 is 1.07 bits per heavy atom. The molecule has 1 heterocycles. The Hall–Kier alpha value is -3.55. The molecule has 2 aromatic rings. The molecule has 0 aromatic heterocycles. The van der Waals surface area contributed by atoms with E-state index >= 15 is 0 Å². The van der Waals surface area contributed by atoms with Crippen LogP contribution in [0, 0.1) is 0 Å². The molecule has 1 aliphatic heterocycles. The van der Waals surface area contributed by atoms with Crippen molar-refractivity contribution in [1.29, 1.82) is 0 Å². The lowest BCUT2D eigenvalue weighted by molar-refractivity contribution is -0.133. The van der Waals surface area contributed by atoms with Gasteiger partial charge in [-0.25, -0.2) is 4.79 Å². The van der Waals surface area contributed by atoms with Gasteiger partial charge < -0.3 is 24.4 Å². The maximum absolute atomic E-state index is 12.4. The Bertz CT molecular complexity index is 910. The molecule has 8 nitrogen and oxygen atoms in total. The molecular weight excluding hydrogens is 376 g/mol. The predicted molar refractivity (Wildman–Crippen MR) is 105 cm³/mol. The molecule has 0 saturated carbocycles. The lowest BCUT2D eigenvalue weighted by atomic mass is 10.2. The van der Waals surface area contributed by atoms with Gasteiger partial charge in [0.1, 0.15) is 6.54 Å². The zero-order valence-corrected chi connectivity index (χ0v) is 16.3. The van der Waals surface area contributed by atoms with Crippen molar-refractivity contribution in [2.75, 3.05) is 25.3 Å². The summed E-state index contributed by atoms with van der Waals surface area (Å²) in [5.74, 6) is 0.293. The number of rotatable bonds is 7. The molecule has 3 rings (SSSR count). The normalized spacial score (nSPS) is 11.7. The third-order valence-electron chi connectivity index (χ3n) is 4.27. The van der Waals surface area contributed by atoms with Crippen molar-refractivity contribution in [3.63, 3.8) is 0 Å². The SMILES string of the molecule is CCOC(=O)c1ccc(NC(=O)CN(Cc2ccc3c(c2)OCO3)C(C)=O)cc1. The van der Waals surface area contributed by atoms with Crippen LogP contribution in [0.25, 0.3) is 0 Å². The standard InChI is InChI=1S/C21H22N2O6/c1-3-27-21(26)16-5-7-17(8-6-16)22-20(25)12-23(14(2)24)11-15-4-9-18-19(10-15)29-13-28-18/h4-10H,3,11-13H2,1-2H3,(H,22,25). The lowest BCUT2D eigenvalue weighted by Crippen LogP contribution is -2.36. The molecule has 0 spiro atoms. The quantitative estimate of drug-likeness (QED) is 0.721. The molecule has 1 aliphatic rings. The van der Waals surface area contributed by atoms with Crippen molar-refractivity contribution >= 4 is 23.5 Å². The highest BCUT2D eigenvalue weighted by atomic mass is 16.7. The number of esters is 1. The molecule has 2 amide bonds. The summed E-state index contributed by atoms with van der Waals surface area (Å²) >= 11 is 0. The van der Waals surface area contributed by atoms with Gasteiger partial charge in [-0.1, -0.05) is 6.07 Å². The molecular formula is C21H22N2O6. The molecule has 0 atom stereocenters. The molecule has 8 heteroatoms. The van der Waals surface area contributed by atoms with Crippen LogP contribution in [0.3, 0.4) is 0 Å². The number of benzene rings is 2. The van der Waals surface area contributed by atoms with Crippen LogP contribution in [0.1, 0.15) is 29.8 Å². The number of ether oxygens (including phenoxy) is 3. The van der Waals surface area contributed by atoms with Gasteiger partial charge in [0.05, 0.1) is 12.2 Å². The van der Waals surface area contributed by atoms with E-state index < -0.39 is 5.97 Å². The summed E-state index contributed by atoms with van der Waals surface area (Å²) in [6.07, 6.45) is 0. The van der Waals surface area contributed by atoms with E-state index in [0.717, 1.165) is 5.56 Å². The minimum atomic E-state index is -0.420. The second-order valence-electron chi connectivity index (χ2n) is 6.41. The first-order valence-electron chi connectivity index (χ1n) is 9.17. The van der Waals surface area contributed by atoms with E-state index in [1.54, 1.807) is 43.3 Å². The molecule has 152 valence electrons. The van der Waals surface area contributed by atoms with Crippen molar-refractivity contribution in [2.24, 2.45) is 0 Å². The minimum Gasteiger partial charge on any atom is -0.462 e. The van der Waals surface area contributed by atoms with Gasteiger partial charge in [-0.15, -0.1) is 0 Å². The molecule has 2 aromatic carbocycles. The van der Waals surface area contributed by atoms with E-state index in [0.29, 0.717) is 29.4 Å². The Labute approximate surface area is 168 Å². The number of fused-ring (bicyclic) bond motifs is 1. The Morgan fingerprint density at radius 3 is 2.48 bits per heavy atom. The van der Waals surface area contributed by atoms with Gasteiger partial charge in [0.2, 0.25) is 18.6 Å². The highest BCUT2D eigenvalue weighted by Gasteiger charge is 2.18. The summed E-state index contributed by atoms with van der Waals surface area (Å²) in [6.45, 7) is 3.77. The van der Waals surface area contributed by atoms with Crippen LogP contribution in [0.4, 0.5) is 5.69 Å². The third-order valence-corrected chi connectivity index (χ3v) is 4.27. The van der Waals surface area contributed by atoms with E-state index in [2.05, 4.69) is 5.32 Å². The van der Waals surface area contributed by atoms with E-state index in [9.17, 15) is 14.4 Å². The van der Waals surface area contributed by atoms with Gasteiger partial charge in [0.15, 0.2) is 11.5 Å². The van der Waals surface area contributed by atoms with Crippen LogP contribution < -0.4 is 14.8 Å². The van der Waals surface area contributed by atoms with Crippen LogP contribution in [0.5, 0.6) is 11.5 Å². The summed E-state index contributed by atoms with van der Waals surface area (Å²) in [6, 6.07) is 11.8. The van der Waals surface area contributed by atoms with Crippen LogP contribution in [-0.2, 0) is 20.9 Å². The van der Waals surface area contributed by atoms with E-state index in [1.807, 2.05) is 6.07 Å². The highest BCUT2D eigenvalue weighted by molar-refractivity contribution is 5.95. The Morgan fingerprint density at radius 2 is 1.79 bits per heavy atom. The third kappa shape index (κ3) is 5.25. The lowest BCUT2D eigenvalue weighted by Gasteiger charge is -2.21. The van der Waals surface area contributed by atoms with Crippen LogP contribution >= 0.6 is 0 Å². The second kappa shape index (κ2) is 9.09. The molecule has 0 saturated heterocycles. The number of nitrogens with one attached hydrogen (secondary N) is 1. The smallest absolute Gasteiger partial charge is 0.338 e. The second-order valence-corrected chi connectivity index (χ2v) is 6.41. The number of carbonyl (C=O) groups is 3. The first-order valence-corrected chi connectivity index (χ1v) is 9.17. The van der Waals surface area contributed by atoms with Crippen molar-refractivity contribution in [3.8, 4) is 11.5 Å². The number of nitrogens with zero attached hydrogens (tertiary/aromatic N) is 1. The van der Waals surface area contributed by atoms with Gasteiger partial charge in [-0.2, -0.15) is 0 Å². The average Bonchev–Trinajstić information content (AvgIpc) is 3.16. The molecule has 0 unspecified atom stereocenters. The first kappa shape index (κ1) is 20.2. The summed E-state index contributed by atoms with van der Waals surface area (Å²) < 4.78 is 15.5. The topological polar surface area (TPSA) is 94.2 Å². The molecule has 0 fully saturated rings. The van der Waals surface area contributed by atoms with Crippen LogP contribution in [0.15, 0.2) is 42.5 Å². The van der Waals surface area contributed by atoms with Crippen molar-refractivity contribution < 1.29 is 28.6 Å². The number of anilines is 1. The molecule has 1 N–H and O–H groups in total. The number of amides is 2. The van der Waals surface area contributed by atoms with Crippen molar-refractivity contribution in [3.05, 3.63) is 53.6 Å². The largest absolute Gasteiger partial charge is 0.462 e. The minimum absolute atomic E-state index is 0.108. The maximum atomic E-state index is 12.4. The number of hydrogen-bond donors (Lipinski definition) is 1. The average molecular weight is 398 g/mol. The predicted octanol–water partition coefficient (Wildman–Crippen LogP) is 2.58. The fourth-order valence-corrected chi connectivity index (χ4v) is 2.82. The van der Waals surface area contributed by atoms with E-state index in [4.69, 9.17) is 14.2 Å². The van der Waals surface area contributed by atoms with Crippen LogP contribution in [-0.4, -0.2) is 42.6 Å². The number of hydrogen-bond acceptors (Lipinski definition) is 6. The zero-order valence-electron chi connectivity index (χ0n) is 16.3. The monoisotopic (exact) mass is 398 g/mol. The van der Waals surface area contributed by atoms with Crippen molar-refractivity contribution in [2.45, 2.75) is 20.4 Å². The summed E-state index contributed by atoms with van der Waals surface area (Å²) in [4.78, 5) is 37.5. The maximum Gasteiger partial charge on any atom is 0.338 e. The Kier molecular flexibility index (Phi) is 6.33. The molecule has 0 bridgehead atoms. The van der Waals surface area contributed by atoms with Gasteiger partial charge >= 0.3 is 5.97 Å². The molecule has 0 aliphatic carbocycles. The van der Waals surface area contributed by atoms with Gasteiger partial charge in [0, 0.05) is 19.2 Å². The van der Waals surface area contributed by atoms with Gasteiger partial charge in [-0.3, -0.25) is 9.59 Å². The van der Waals surface area contributed by atoms with Crippen molar-refractivity contribution in [1.82, 2.24) is 4.90 Å². The zero-order chi connectivity index (χ0) is 20.8. The first-order chi connectivity index (χ1) is 14.0. The van der Waals surface area contributed by atoms with Gasteiger partial charge in [-0.05, 0) is 48.9 Å². The van der Waals surface area contributed by atoms with Crippen LogP contribution in [0.2, 0.25) is 0 Å². The van der Waals surface area contributed by atoms with E-state index in [1.165, 1.54) is 11.8 Å². The molecule has 29 heavy (non-hydrogen) atoms. The highest BCUT2D eigenvalue weighted by Crippen LogP contribution is 2.32. The summed E-state index contributed by atoms with van der Waals surface area (Å²) in [7, 11) is 0. The summed E-state index contributed by atoms with van der Waals surface area (Å²) in [5.41, 5.74) is 1.75. The van der Waals surface area contributed by atoms with Gasteiger partial charge in [0.25, 0.3) is 0 Å². The molecule has 0 radical (unpaired) electrons. The fourth-order valence-electron chi connectivity index (χ4n) is 2.82. The Balaban J connectivity index is 1.59. The van der Waals surface area contributed by atoms with E-state index in [-0.39, 0.29) is 31.7 Å². The summed E-state index contributed by atoms with van der Waals surface area (Å²) in [5, 5.41) is 2.72. The fraction of sp³-hybridized carbons (Fsp3) is 0.286.